The van der Waals surface area contributed by atoms with Crippen molar-refractivity contribution in [1.29, 1.82) is 0 Å². The number of carboxylic acid groups (broad SMARTS) is 1. The number of benzene rings is 1. The number of fused-ring (bicyclic) bond motifs is 1. The van der Waals surface area contributed by atoms with Crippen LogP contribution in [0.5, 0.6) is 0 Å². The van der Waals surface area contributed by atoms with Crippen molar-refractivity contribution in [3.8, 4) is 0 Å². The molecule has 4 nitrogen and oxygen atoms in total. The topological polar surface area (TPSA) is 57.6 Å². The normalized spacial score (nSPS) is 25.4. The van der Waals surface area contributed by atoms with Crippen LogP contribution in [0.1, 0.15) is 17.0 Å². The first-order valence-corrected chi connectivity index (χ1v) is 7.03. The van der Waals surface area contributed by atoms with Crippen LogP contribution in [0.2, 0.25) is 0 Å². The third-order valence-corrected chi connectivity index (χ3v) is 4.62. The lowest BCUT2D eigenvalue weighted by Crippen LogP contribution is -2.46. The fraction of sp³-hybridized carbons (Fsp3) is 0.385. The first-order chi connectivity index (χ1) is 8.68. The first kappa shape index (κ1) is 11.6. The smallest absolute Gasteiger partial charge is 0.327 e. The Kier molecular flexibility index (Phi) is 2.78. The Morgan fingerprint density at radius 1 is 1.33 bits per heavy atom. The molecule has 1 N–H and O–H groups in total. The van der Waals surface area contributed by atoms with E-state index >= 15 is 0 Å². The SMILES string of the molecule is O=C(O)[C@@H]1CSCN1C(=O)C1Cc2ccccc21. The number of thioether (sulfide) groups is 1. The maximum absolute atomic E-state index is 12.4. The van der Waals surface area contributed by atoms with Crippen molar-refractivity contribution in [1.82, 2.24) is 4.90 Å². The molecular formula is C13H13NO3S. The Morgan fingerprint density at radius 2 is 2.11 bits per heavy atom. The van der Waals surface area contributed by atoms with Crippen LogP contribution in [0.25, 0.3) is 0 Å². The lowest BCUT2D eigenvalue weighted by Gasteiger charge is -2.33. The summed E-state index contributed by atoms with van der Waals surface area (Å²) >= 11 is 1.50. The highest BCUT2D eigenvalue weighted by molar-refractivity contribution is 7.99. The van der Waals surface area contributed by atoms with Crippen molar-refractivity contribution >= 4 is 23.6 Å². The largest absolute Gasteiger partial charge is 0.480 e. The summed E-state index contributed by atoms with van der Waals surface area (Å²) in [5, 5.41) is 9.09. The summed E-state index contributed by atoms with van der Waals surface area (Å²) in [6, 6.07) is 7.21. The minimum atomic E-state index is -0.902. The zero-order chi connectivity index (χ0) is 12.7. The third-order valence-electron chi connectivity index (χ3n) is 3.60. The molecule has 1 aromatic carbocycles. The van der Waals surface area contributed by atoms with Crippen LogP contribution < -0.4 is 0 Å². The Hall–Kier alpha value is -1.49. The van der Waals surface area contributed by atoms with Gasteiger partial charge in [0.1, 0.15) is 6.04 Å². The number of rotatable bonds is 2. The van der Waals surface area contributed by atoms with Gasteiger partial charge in [-0.1, -0.05) is 24.3 Å². The number of aliphatic carboxylic acids is 1. The molecule has 5 heteroatoms. The van der Waals surface area contributed by atoms with Crippen molar-refractivity contribution in [3.63, 3.8) is 0 Å². The Balaban J connectivity index is 1.79. The van der Waals surface area contributed by atoms with Crippen LogP contribution in [0.15, 0.2) is 24.3 Å². The first-order valence-electron chi connectivity index (χ1n) is 5.87. The van der Waals surface area contributed by atoms with Gasteiger partial charge in [-0.25, -0.2) is 4.79 Å². The standard InChI is InChI=1S/C13H13NO3S/c15-12(14-7-18-6-11(14)13(16)17)10-5-8-3-1-2-4-9(8)10/h1-4,10-11H,5-7H2,(H,16,17)/t10?,11-/m0/s1. The van der Waals surface area contributed by atoms with Crippen molar-refractivity contribution < 1.29 is 14.7 Å². The van der Waals surface area contributed by atoms with Crippen molar-refractivity contribution in [3.05, 3.63) is 35.4 Å². The molecule has 1 amide bonds. The van der Waals surface area contributed by atoms with E-state index in [-0.39, 0.29) is 11.8 Å². The maximum Gasteiger partial charge on any atom is 0.327 e. The molecule has 2 aliphatic rings. The minimum absolute atomic E-state index is 0.0360. The molecule has 1 aromatic rings. The summed E-state index contributed by atoms with van der Waals surface area (Å²) in [5.74, 6) is -0.0852. The molecule has 1 aliphatic carbocycles. The molecular weight excluding hydrogens is 250 g/mol. The van der Waals surface area contributed by atoms with E-state index in [1.807, 2.05) is 24.3 Å². The highest BCUT2D eigenvalue weighted by Gasteiger charge is 2.41. The molecule has 94 valence electrons. The number of carbonyl (C=O) groups is 2. The van der Waals surface area contributed by atoms with E-state index in [1.54, 1.807) is 0 Å². The maximum atomic E-state index is 12.4. The van der Waals surface area contributed by atoms with Gasteiger partial charge in [0.15, 0.2) is 0 Å². The molecule has 2 atom stereocenters. The van der Waals surface area contributed by atoms with Gasteiger partial charge >= 0.3 is 5.97 Å². The molecule has 0 aromatic heterocycles. The van der Waals surface area contributed by atoms with Crippen molar-refractivity contribution in [2.45, 2.75) is 18.4 Å². The second-order valence-corrected chi connectivity index (χ2v) is 5.62. The van der Waals surface area contributed by atoms with Gasteiger partial charge in [0.25, 0.3) is 0 Å². The van der Waals surface area contributed by atoms with Crippen LogP contribution >= 0.6 is 11.8 Å². The molecule has 1 heterocycles. The van der Waals surface area contributed by atoms with E-state index < -0.39 is 12.0 Å². The number of nitrogens with zero attached hydrogens (tertiary/aromatic N) is 1. The third kappa shape index (κ3) is 1.70. The summed E-state index contributed by atoms with van der Waals surface area (Å²) in [4.78, 5) is 24.9. The van der Waals surface area contributed by atoms with Gasteiger partial charge < -0.3 is 10.0 Å². The average Bonchev–Trinajstić information content (AvgIpc) is 2.79. The van der Waals surface area contributed by atoms with E-state index in [2.05, 4.69) is 0 Å². The fourth-order valence-corrected chi connectivity index (χ4v) is 3.70. The van der Waals surface area contributed by atoms with Crippen molar-refractivity contribution in [2.24, 2.45) is 0 Å². The predicted octanol–water partition coefficient (Wildman–Crippen LogP) is 1.31. The molecule has 3 rings (SSSR count). The lowest BCUT2D eigenvalue weighted by molar-refractivity contribution is -0.148. The Bertz CT molecular complexity index is 517. The van der Waals surface area contributed by atoms with Crippen LogP contribution in [0.4, 0.5) is 0 Å². The molecule has 1 saturated heterocycles. The fourth-order valence-electron chi connectivity index (χ4n) is 2.54. The van der Waals surface area contributed by atoms with Gasteiger partial charge in [-0.3, -0.25) is 4.79 Å². The minimum Gasteiger partial charge on any atom is -0.480 e. The predicted molar refractivity (Wildman–Crippen MR) is 68.5 cm³/mol. The van der Waals surface area contributed by atoms with Crippen molar-refractivity contribution in [2.75, 3.05) is 11.6 Å². The molecule has 0 spiro atoms. The van der Waals surface area contributed by atoms with E-state index in [4.69, 9.17) is 5.11 Å². The van der Waals surface area contributed by atoms with Crippen LogP contribution in [-0.4, -0.2) is 39.6 Å². The van der Waals surface area contributed by atoms with Gasteiger partial charge in [0, 0.05) is 5.75 Å². The van der Waals surface area contributed by atoms with Crippen LogP contribution in [-0.2, 0) is 16.0 Å². The van der Waals surface area contributed by atoms with Gasteiger partial charge in [0.05, 0.1) is 11.8 Å². The zero-order valence-corrected chi connectivity index (χ0v) is 10.5. The number of hydrogen-bond acceptors (Lipinski definition) is 3. The van der Waals surface area contributed by atoms with E-state index in [1.165, 1.54) is 22.2 Å². The van der Waals surface area contributed by atoms with E-state index in [0.717, 1.165) is 12.0 Å². The number of hydrogen-bond donors (Lipinski definition) is 1. The molecule has 0 radical (unpaired) electrons. The van der Waals surface area contributed by atoms with E-state index in [0.29, 0.717) is 11.6 Å². The Labute approximate surface area is 109 Å². The quantitative estimate of drug-likeness (QED) is 0.874. The van der Waals surface area contributed by atoms with Gasteiger partial charge in [-0.05, 0) is 17.5 Å². The Morgan fingerprint density at radius 3 is 2.83 bits per heavy atom. The monoisotopic (exact) mass is 263 g/mol. The summed E-state index contributed by atoms with van der Waals surface area (Å²) in [6.45, 7) is 0. The molecule has 0 bridgehead atoms. The van der Waals surface area contributed by atoms with Gasteiger partial charge in [0.2, 0.25) is 5.91 Å². The van der Waals surface area contributed by atoms with Gasteiger partial charge in [-0.15, -0.1) is 11.8 Å². The highest BCUT2D eigenvalue weighted by Crippen LogP contribution is 2.38. The molecule has 18 heavy (non-hydrogen) atoms. The highest BCUT2D eigenvalue weighted by atomic mass is 32.2. The van der Waals surface area contributed by atoms with Crippen LogP contribution in [0.3, 0.4) is 0 Å². The molecule has 1 aliphatic heterocycles. The lowest BCUT2D eigenvalue weighted by atomic mass is 9.77. The molecule has 1 fully saturated rings. The number of amides is 1. The summed E-state index contributed by atoms with van der Waals surface area (Å²) in [7, 11) is 0. The number of carbonyl (C=O) groups excluding carboxylic acids is 1. The second kappa shape index (κ2) is 4.31. The average molecular weight is 263 g/mol. The summed E-state index contributed by atoms with van der Waals surface area (Å²) in [6.07, 6.45) is 0.739. The summed E-state index contributed by atoms with van der Waals surface area (Å²) < 4.78 is 0. The number of carboxylic acids is 1. The zero-order valence-electron chi connectivity index (χ0n) is 9.70. The van der Waals surface area contributed by atoms with Gasteiger partial charge in [-0.2, -0.15) is 0 Å². The van der Waals surface area contributed by atoms with E-state index in [9.17, 15) is 9.59 Å². The second-order valence-electron chi connectivity index (χ2n) is 4.62. The molecule has 0 saturated carbocycles. The summed E-state index contributed by atoms with van der Waals surface area (Å²) in [5.41, 5.74) is 2.26. The van der Waals surface area contributed by atoms with Crippen LogP contribution in [0, 0.1) is 0 Å². The molecule has 1 unspecified atom stereocenters.